The maximum atomic E-state index is 12.4. The van der Waals surface area contributed by atoms with Crippen LogP contribution in [0, 0.1) is 6.92 Å². The Morgan fingerprint density at radius 1 is 1.25 bits per heavy atom. The minimum Gasteiger partial charge on any atom is -0.380 e. The summed E-state index contributed by atoms with van der Waals surface area (Å²) >= 11 is 0. The summed E-state index contributed by atoms with van der Waals surface area (Å²) in [6.45, 7) is 2.89. The summed E-state index contributed by atoms with van der Waals surface area (Å²) in [5, 5.41) is 21.2. The van der Waals surface area contributed by atoms with Crippen molar-refractivity contribution in [2.24, 2.45) is 0 Å². The van der Waals surface area contributed by atoms with Crippen molar-refractivity contribution in [2.45, 2.75) is 13.5 Å². The average Bonchev–Trinajstić information content (AvgIpc) is 3.05. The van der Waals surface area contributed by atoms with Crippen LogP contribution in [0.2, 0.25) is 0 Å². The van der Waals surface area contributed by atoms with Gasteiger partial charge in [0.25, 0.3) is 5.56 Å². The molecule has 0 aliphatic heterocycles. The molecule has 4 aromatic rings. The van der Waals surface area contributed by atoms with E-state index < -0.39 is 0 Å². The highest BCUT2D eigenvalue weighted by atomic mass is 16.1. The Hall–Kier alpha value is -3.29. The first-order chi connectivity index (χ1) is 11.7. The van der Waals surface area contributed by atoms with Gasteiger partial charge >= 0.3 is 0 Å². The Labute approximate surface area is 136 Å². The maximum absolute atomic E-state index is 12.4. The van der Waals surface area contributed by atoms with Gasteiger partial charge < -0.3 is 5.32 Å². The second kappa shape index (κ2) is 5.73. The number of hydrogen-bond acceptors (Lipinski definition) is 6. The lowest BCUT2D eigenvalue weighted by Crippen LogP contribution is -2.26. The molecule has 8 nitrogen and oxygen atoms in total. The van der Waals surface area contributed by atoms with Crippen molar-refractivity contribution in [3.05, 3.63) is 58.9 Å². The van der Waals surface area contributed by atoms with Crippen LogP contribution in [0.25, 0.3) is 16.4 Å². The normalized spacial score (nSPS) is 11.2. The third-order valence-electron chi connectivity index (χ3n) is 3.79. The molecule has 0 atom stereocenters. The predicted octanol–water partition coefficient (Wildman–Crippen LogP) is 1.25. The predicted molar refractivity (Wildman–Crippen MR) is 90.0 cm³/mol. The zero-order valence-corrected chi connectivity index (χ0v) is 13.0. The van der Waals surface area contributed by atoms with Crippen LogP contribution in [0.5, 0.6) is 0 Å². The zero-order valence-electron chi connectivity index (χ0n) is 13.0. The summed E-state index contributed by atoms with van der Waals surface area (Å²) in [5.41, 5.74) is 2.24. The highest BCUT2D eigenvalue weighted by Gasteiger charge is 2.07. The Morgan fingerprint density at radius 3 is 3.04 bits per heavy atom. The molecule has 4 rings (SSSR count). The summed E-state index contributed by atoms with van der Waals surface area (Å²) in [6, 6.07) is 9.35. The number of hydrogen-bond donors (Lipinski definition) is 1. The van der Waals surface area contributed by atoms with Crippen LogP contribution in [0.1, 0.15) is 5.69 Å². The molecule has 8 heteroatoms. The van der Waals surface area contributed by atoms with Gasteiger partial charge in [-0.3, -0.25) is 4.79 Å². The van der Waals surface area contributed by atoms with E-state index in [0.717, 1.165) is 16.8 Å². The largest absolute Gasteiger partial charge is 0.380 e. The summed E-state index contributed by atoms with van der Waals surface area (Å²) < 4.78 is 3.09. The van der Waals surface area contributed by atoms with Crippen molar-refractivity contribution in [1.82, 2.24) is 29.6 Å². The number of aryl methyl sites for hydroxylation is 1. The standard InChI is InChI=1S/C16H15N7O/c1-11-8-14(15-20-18-10-23(15)21-11)17-6-7-22-16(24)13-5-3-2-4-12(13)9-19-22/h2-5,8-10,17H,6-7H2,1H3. The van der Waals surface area contributed by atoms with Crippen LogP contribution in [0.4, 0.5) is 5.69 Å². The van der Waals surface area contributed by atoms with Gasteiger partial charge in [0.15, 0.2) is 0 Å². The van der Waals surface area contributed by atoms with Gasteiger partial charge in [-0.15, -0.1) is 10.2 Å². The zero-order chi connectivity index (χ0) is 16.5. The number of rotatable bonds is 4. The number of anilines is 1. The molecule has 3 heterocycles. The minimum atomic E-state index is -0.0894. The second-order valence-electron chi connectivity index (χ2n) is 5.49. The van der Waals surface area contributed by atoms with E-state index in [2.05, 4.69) is 25.7 Å². The van der Waals surface area contributed by atoms with Gasteiger partial charge in [0.2, 0.25) is 5.65 Å². The van der Waals surface area contributed by atoms with E-state index in [0.29, 0.717) is 24.1 Å². The average molecular weight is 321 g/mol. The molecule has 0 aliphatic carbocycles. The lowest BCUT2D eigenvalue weighted by molar-refractivity contribution is 0.604. The molecule has 0 aliphatic rings. The number of aromatic nitrogens is 6. The van der Waals surface area contributed by atoms with Gasteiger partial charge in [0.1, 0.15) is 6.33 Å². The Bertz CT molecular complexity index is 1080. The van der Waals surface area contributed by atoms with Crippen LogP contribution in [-0.2, 0) is 6.54 Å². The number of nitrogens with one attached hydrogen (secondary N) is 1. The second-order valence-corrected chi connectivity index (χ2v) is 5.49. The number of fused-ring (bicyclic) bond motifs is 2. The van der Waals surface area contributed by atoms with Crippen LogP contribution < -0.4 is 10.9 Å². The lowest BCUT2D eigenvalue weighted by atomic mass is 10.2. The SMILES string of the molecule is Cc1cc(NCCn2ncc3ccccc3c2=O)c2nncn2n1. The molecule has 0 unspecified atom stereocenters. The van der Waals surface area contributed by atoms with Gasteiger partial charge in [-0.2, -0.15) is 14.7 Å². The summed E-state index contributed by atoms with van der Waals surface area (Å²) in [7, 11) is 0. The Kier molecular flexibility index (Phi) is 3.42. The number of nitrogens with zero attached hydrogens (tertiary/aromatic N) is 6. The molecule has 0 saturated heterocycles. The van der Waals surface area contributed by atoms with Crippen LogP contribution in [0.3, 0.4) is 0 Å². The fraction of sp³-hybridized carbons (Fsp3) is 0.188. The molecule has 0 spiro atoms. The summed E-state index contributed by atoms with van der Waals surface area (Å²) in [5.74, 6) is 0. The van der Waals surface area contributed by atoms with Gasteiger partial charge in [0.05, 0.1) is 29.5 Å². The van der Waals surface area contributed by atoms with E-state index >= 15 is 0 Å². The molecule has 0 bridgehead atoms. The molecule has 1 aromatic carbocycles. The molecular weight excluding hydrogens is 306 g/mol. The molecule has 0 radical (unpaired) electrons. The van der Waals surface area contributed by atoms with E-state index in [4.69, 9.17) is 0 Å². The Balaban J connectivity index is 1.56. The highest BCUT2D eigenvalue weighted by Crippen LogP contribution is 2.14. The van der Waals surface area contributed by atoms with Crippen LogP contribution in [0.15, 0.2) is 47.7 Å². The molecule has 120 valence electrons. The molecular formula is C16H15N7O. The minimum absolute atomic E-state index is 0.0894. The Morgan fingerprint density at radius 2 is 2.12 bits per heavy atom. The fourth-order valence-electron chi connectivity index (χ4n) is 2.67. The smallest absolute Gasteiger partial charge is 0.274 e. The van der Waals surface area contributed by atoms with Crippen molar-refractivity contribution >= 4 is 22.1 Å². The third kappa shape index (κ3) is 2.47. The monoisotopic (exact) mass is 321 g/mol. The van der Waals surface area contributed by atoms with Gasteiger partial charge in [-0.1, -0.05) is 18.2 Å². The van der Waals surface area contributed by atoms with Crippen LogP contribution in [-0.4, -0.2) is 36.1 Å². The first-order valence-corrected chi connectivity index (χ1v) is 7.59. The molecule has 0 saturated carbocycles. The first kappa shape index (κ1) is 14.3. The molecule has 0 fully saturated rings. The van der Waals surface area contributed by atoms with Crippen molar-refractivity contribution in [1.29, 1.82) is 0 Å². The molecule has 24 heavy (non-hydrogen) atoms. The summed E-state index contributed by atoms with van der Waals surface area (Å²) in [6.07, 6.45) is 3.27. The van der Waals surface area contributed by atoms with Crippen molar-refractivity contribution in [2.75, 3.05) is 11.9 Å². The first-order valence-electron chi connectivity index (χ1n) is 7.59. The van der Waals surface area contributed by atoms with Gasteiger partial charge in [-0.05, 0) is 19.1 Å². The van der Waals surface area contributed by atoms with E-state index in [1.165, 1.54) is 4.68 Å². The topological polar surface area (TPSA) is 90.0 Å². The van der Waals surface area contributed by atoms with Gasteiger partial charge in [0, 0.05) is 11.9 Å². The van der Waals surface area contributed by atoms with E-state index in [9.17, 15) is 4.79 Å². The third-order valence-corrected chi connectivity index (χ3v) is 3.79. The van der Waals surface area contributed by atoms with E-state index in [-0.39, 0.29) is 5.56 Å². The highest BCUT2D eigenvalue weighted by molar-refractivity contribution is 5.80. The van der Waals surface area contributed by atoms with E-state index in [1.54, 1.807) is 17.0 Å². The van der Waals surface area contributed by atoms with Gasteiger partial charge in [-0.25, -0.2) is 4.68 Å². The maximum Gasteiger partial charge on any atom is 0.274 e. The van der Waals surface area contributed by atoms with Crippen molar-refractivity contribution in [3.63, 3.8) is 0 Å². The summed E-state index contributed by atoms with van der Waals surface area (Å²) in [4.78, 5) is 12.4. The lowest BCUT2D eigenvalue weighted by Gasteiger charge is -2.09. The molecule has 0 amide bonds. The molecule has 1 N–H and O–H groups in total. The van der Waals surface area contributed by atoms with Crippen molar-refractivity contribution in [3.8, 4) is 0 Å². The fourth-order valence-corrected chi connectivity index (χ4v) is 2.67. The number of benzene rings is 1. The van der Waals surface area contributed by atoms with E-state index in [1.807, 2.05) is 37.3 Å². The van der Waals surface area contributed by atoms with Crippen molar-refractivity contribution < 1.29 is 0 Å². The van der Waals surface area contributed by atoms with Crippen LogP contribution >= 0.6 is 0 Å². The molecule has 3 aromatic heterocycles. The quantitative estimate of drug-likeness (QED) is 0.608.